The number of rotatable bonds is 4. The summed E-state index contributed by atoms with van der Waals surface area (Å²) < 4.78 is 19.8. The number of thiocarbonyl (C=S) groups is 1. The molecule has 2 aromatic rings. The predicted molar refractivity (Wildman–Crippen MR) is 85.8 cm³/mol. The Morgan fingerprint density at radius 3 is 2.70 bits per heavy atom. The van der Waals surface area contributed by atoms with Crippen molar-refractivity contribution < 1.29 is 9.13 Å². The molecule has 0 heterocycles. The van der Waals surface area contributed by atoms with Gasteiger partial charge in [-0.05, 0) is 34.1 Å². The van der Waals surface area contributed by atoms with Gasteiger partial charge in [0.15, 0.2) is 0 Å². The lowest BCUT2D eigenvalue weighted by molar-refractivity contribution is 0.297. The second-order valence-electron chi connectivity index (χ2n) is 4.01. The Bertz CT molecular complexity index is 666. The van der Waals surface area contributed by atoms with E-state index < -0.39 is 0 Å². The van der Waals surface area contributed by atoms with Gasteiger partial charge in [-0.15, -0.1) is 0 Å². The molecule has 0 aromatic heterocycles. The van der Waals surface area contributed by atoms with Crippen molar-refractivity contribution in [2.45, 2.75) is 6.61 Å². The van der Waals surface area contributed by atoms with Gasteiger partial charge in [0.1, 0.15) is 23.2 Å². The zero-order valence-electron chi connectivity index (χ0n) is 10.2. The highest BCUT2D eigenvalue weighted by Crippen LogP contribution is 2.33. The van der Waals surface area contributed by atoms with Crippen LogP contribution in [0.4, 0.5) is 4.39 Å². The molecule has 0 bridgehead atoms. The Labute approximate surface area is 134 Å². The van der Waals surface area contributed by atoms with E-state index in [-0.39, 0.29) is 17.4 Å². The maximum absolute atomic E-state index is 13.6. The normalized spacial score (nSPS) is 10.3. The quantitative estimate of drug-likeness (QED) is 0.803. The van der Waals surface area contributed by atoms with Gasteiger partial charge in [0.2, 0.25) is 0 Å². The van der Waals surface area contributed by atoms with E-state index in [9.17, 15) is 4.39 Å². The number of ether oxygens (including phenoxy) is 1. The fraction of sp³-hybridized carbons (Fsp3) is 0.0714. The van der Waals surface area contributed by atoms with Crippen LogP contribution in [0.5, 0.6) is 5.75 Å². The zero-order valence-corrected chi connectivity index (χ0v) is 13.4. The summed E-state index contributed by atoms with van der Waals surface area (Å²) in [5.74, 6) is 0.125. The molecule has 0 saturated carbocycles. The van der Waals surface area contributed by atoms with Gasteiger partial charge in [0.05, 0.1) is 10.0 Å². The Morgan fingerprint density at radius 1 is 1.35 bits per heavy atom. The lowest BCUT2D eigenvalue weighted by Gasteiger charge is -2.13. The molecule has 2 rings (SSSR count). The molecule has 0 aliphatic rings. The van der Waals surface area contributed by atoms with E-state index in [0.717, 1.165) is 0 Å². The first-order valence-corrected chi connectivity index (χ1v) is 7.22. The Morgan fingerprint density at radius 2 is 2.05 bits per heavy atom. The second-order valence-corrected chi connectivity index (χ2v) is 5.74. The molecule has 0 amide bonds. The van der Waals surface area contributed by atoms with Crippen molar-refractivity contribution in [3.63, 3.8) is 0 Å². The van der Waals surface area contributed by atoms with Gasteiger partial charge >= 0.3 is 0 Å². The van der Waals surface area contributed by atoms with Gasteiger partial charge in [-0.3, -0.25) is 0 Å². The molecule has 0 aliphatic heterocycles. The van der Waals surface area contributed by atoms with Crippen molar-refractivity contribution in [2.75, 3.05) is 0 Å². The molecule has 0 unspecified atom stereocenters. The van der Waals surface area contributed by atoms with Crippen molar-refractivity contribution in [3.8, 4) is 5.75 Å². The van der Waals surface area contributed by atoms with E-state index >= 15 is 0 Å². The average Bonchev–Trinajstić information content (AvgIpc) is 2.38. The summed E-state index contributed by atoms with van der Waals surface area (Å²) in [5, 5.41) is 0.484. The van der Waals surface area contributed by atoms with Gasteiger partial charge in [0, 0.05) is 10.6 Å². The maximum atomic E-state index is 13.6. The van der Waals surface area contributed by atoms with Crippen LogP contribution in [0.3, 0.4) is 0 Å². The SMILES string of the molecule is NC(=S)c1cc(Cl)cc(Br)c1OCc1ccccc1F. The summed E-state index contributed by atoms with van der Waals surface area (Å²) in [6.45, 7) is 0.0719. The topological polar surface area (TPSA) is 35.2 Å². The molecule has 0 atom stereocenters. The number of hydrogen-bond donors (Lipinski definition) is 1. The number of nitrogens with two attached hydrogens (primary N) is 1. The summed E-state index contributed by atoms with van der Waals surface area (Å²) in [7, 11) is 0. The molecule has 104 valence electrons. The zero-order chi connectivity index (χ0) is 14.7. The maximum Gasteiger partial charge on any atom is 0.144 e. The third-order valence-electron chi connectivity index (χ3n) is 2.60. The molecule has 2 aromatic carbocycles. The molecule has 2 nitrogen and oxygen atoms in total. The molecule has 20 heavy (non-hydrogen) atoms. The van der Waals surface area contributed by atoms with Crippen LogP contribution in [0, 0.1) is 5.82 Å². The van der Waals surface area contributed by atoms with E-state index in [1.165, 1.54) is 6.07 Å². The molecule has 6 heteroatoms. The van der Waals surface area contributed by atoms with Crippen molar-refractivity contribution in [3.05, 3.63) is 62.8 Å². The molecule has 0 fully saturated rings. The third kappa shape index (κ3) is 3.48. The van der Waals surface area contributed by atoms with Gasteiger partial charge < -0.3 is 10.5 Å². The first kappa shape index (κ1) is 15.2. The van der Waals surface area contributed by atoms with Crippen molar-refractivity contribution >= 4 is 44.7 Å². The smallest absolute Gasteiger partial charge is 0.144 e. The standard InChI is InChI=1S/C14H10BrClFNOS/c15-11-6-9(16)5-10(14(18)20)13(11)19-7-8-3-1-2-4-12(8)17/h1-6H,7H2,(H2,18,20). The molecule has 0 radical (unpaired) electrons. The van der Waals surface area contributed by atoms with Crippen LogP contribution in [0.25, 0.3) is 0 Å². The third-order valence-corrected chi connectivity index (χ3v) is 3.63. The van der Waals surface area contributed by atoms with Crippen LogP contribution < -0.4 is 10.5 Å². The minimum atomic E-state index is -0.325. The molecule has 2 N–H and O–H groups in total. The largest absolute Gasteiger partial charge is 0.487 e. The van der Waals surface area contributed by atoms with Crippen LogP contribution in [0.1, 0.15) is 11.1 Å². The minimum absolute atomic E-state index is 0.0719. The summed E-state index contributed by atoms with van der Waals surface area (Å²) in [4.78, 5) is 0.164. The van der Waals surface area contributed by atoms with Crippen molar-refractivity contribution in [2.24, 2.45) is 5.73 Å². The number of benzene rings is 2. The van der Waals surface area contributed by atoms with Crippen LogP contribution in [0.2, 0.25) is 5.02 Å². The second kappa shape index (κ2) is 6.52. The molecule has 0 aliphatic carbocycles. The fourth-order valence-electron chi connectivity index (χ4n) is 1.66. The van der Waals surface area contributed by atoms with E-state index in [1.54, 1.807) is 30.3 Å². The monoisotopic (exact) mass is 373 g/mol. The van der Waals surface area contributed by atoms with E-state index in [0.29, 0.717) is 26.4 Å². The predicted octanol–water partition coefficient (Wildman–Crippen LogP) is 4.45. The summed E-state index contributed by atoms with van der Waals surface area (Å²) >= 11 is 14.3. The van der Waals surface area contributed by atoms with Crippen LogP contribution in [0.15, 0.2) is 40.9 Å². The van der Waals surface area contributed by atoms with Crippen LogP contribution in [-0.2, 0) is 6.61 Å². The summed E-state index contributed by atoms with van der Waals surface area (Å²) in [6.07, 6.45) is 0. The minimum Gasteiger partial charge on any atom is -0.487 e. The highest BCUT2D eigenvalue weighted by atomic mass is 79.9. The fourth-order valence-corrected chi connectivity index (χ4v) is 2.73. The molecule has 0 spiro atoms. The highest BCUT2D eigenvalue weighted by molar-refractivity contribution is 9.10. The summed E-state index contributed by atoms with van der Waals surface area (Å²) in [5.41, 5.74) is 6.61. The van der Waals surface area contributed by atoms with Gasteiger partial charge in [-0.2, -0.15) is 0 Å². The Hall–Kier alpha value is -1.17. The number of halogens is 3. The first-order valence-electron chi connectivity index (χ1n) is 5.64. The average molecular weight is 375 g/mol. The van der Waals surface area contributed by atoms with Gasteiger partial charge in [-0.1, -0.05) is 42.0 Å². The Kier molecular flexibility index (Phi) is 4.96. The lowest BCUT2D eigenvalue weighted by Crippen LogP contribution is -2.12. The van der Waals surface area contributed by atoms with Crippen molar-refractivity contribution in [1.29, 1.82) is 0 Å². The molecule has 0 saturated heterocycles. The van der Waals surface area contributed by atoms with Crippen LogP contribution in [-0.4, -0.2) is 4.99 Å². The molecular formula is C14H10BrClFNOS. The molecular weight excluding hydrogens is 365 g/mol. The van der Waals surface area contributed by atoms with Crippen molar-refractivity contribution in [1.82, 2.24) is 0 Å². The van der Waals surface area contributed by atoms with E-state index in [4.69, 9.17) is 34.3 Å². The Balaban J connectivity index is 2.30. The summed E-state index contributed by atoms with van der Waals surface area (Å²) in [6, 6.07) is 9.68. The number of hydrogen-bond acceptors (Lipinski definition) is 2. The van der Waals surface area contributed by atoms with Gasteiger partial charge in [0.25, 0.3) is 0 Å². The lowest BCUT2D eigenvalue weighted by atomic mass is 10.2. The van der Waals surface area contributed by atoms with Gasteiger partial charge in [-0.25, -0.2) is 4.39 Å². The highest BCUT2D eigenvalue weighted by Gasteiger charge is 2.13. The first-order chi connectivity index (χ1) is 9.49. The van der Waals surface area contributed by atoms with Crippen LogP contribution >= 0.6 is 39.7 Å². The van der Waals surface area contributed by atoms with E-state index in [1.807, 2.05) is 0 Å². The van der Waals surface area contributed by atoms with E-state index in [2.05, 4.69) is 15.9 Å².